The van der Waals surface area contributed by atoms with Crippen molar-refractivity contribution in [3.8, 4) is 0 Å². The van der Waals surface area contributed by atoms with Crippen LogP contribution in [0.3, 0.4) is 0 Å². The summed E-state index contributed by atoms with van der Waals surface area (Å²) in [7, 11) is 0. The number of nitro groups is 1. The van der Waals surface area contributed by atoms with Crippen LogP contribution in [0.15, 0.2) is 24.3 Å². The molecule has 92 valence electrons. The highest BCUT2D eigenvalue weighted by atomic mass is 16.6. The second-order valence-electron chi connectivity index (χ2n) is 4.48. The summed E-state index contributed by atoms with van der Waals surface area (Å²) in [6, 6.07) is 5.42. The van der Waals surface area contributed by atoms with Crippen LogP contribution in [-0.4, -0.2) is 22.9 Å². The largest absolute Gasteiger partial charge is 0.350 e. The van der Waals surface area contributed by atoms with Crippen molar-refractivity contribution < 1.29 is 9.72 Å². The van der Waals surface area contributed by atoms with E-state index in [0.717, 1.165) is 0 Å². The van der Waals surface area contributed by atoms with E-state index in [2.05, 4.69) is 5.32 Å². The van der Waals surface area contributed by atoms with Crippen LogP contribution < -0.4 is 11.1 Å². The van der Waals surface area contributed by atoms with E-state index in [1.54, 1.807) is 13.8 Å². The van der Waals surface area contributed by atoms with Crippen LogP contribution >= 0.6 is 0 Å². The molecule has 0 saturated carbocycles. The number of amides is 1. The van der Waals surface area contributed by atoms with Gasteiger partial charge in [0.1, 0.15) is 0 Å². The minimum atomic E-state index is -0.509. The number of hydrogen-bond donors (Lipinski definition) is 2. The maximum atomic E-state index is 11.6. The summed E-state index contributed by atoms with van der Waals surface area (Å²) in [5, 5.41) is 13.1. The Morgan fingerprint density at radius 2 is 1.94 bits per heavy atom. The average molecular weight is 237 g/mol. The molecule has 0 radical (unpaired) electrons. The number of nitrogens with zero attached hydrogens (tertiary/aromatic N) is 1. The van der Waals surface area contributed by atoms with Gasteiger partial charge in [-0.05, 0) is 26.0 Å². The third-order valence-corrected chi connectivity index (χ3v) is 2.04. The van der Waals surface area contributed by atoms with E-state index < -0.39 is 10.5 Å². The fraction of sp³-hybridized carbons (Fsp3) is 0.364. The first-order valence-electron chi connectivity index (χ1n) is 5.11. The number of non-ortho nitro benzene ring substituents is 1. The first-order valence-corrected chi connectivity index (χ1v) is 5.11. The van der Waals surface area contributed by atoms with E-state index in [-0.39, 0.29) is 11.6 Å². The number of nitrogens with two attached hydrogens (primary N) is 1. The van der Waals surface area contributed by atoms with Crippen molar-refractivity contribution in [2.24, 2.45) is 5.73 Å². The molecular weight excluding hydrogens is 222 g/mol. The number of rotatable bonds is 4. The van der Waals surface area contributed by atoms with E-state index in [1.165, 1.54) is 24.3 Å². The Bertz CT molecular complexity index is 421. The summed E-state index contributed by atoms with van der Waals surface area (Å²) in [5.41, 5.74) is 5.57. The van der Waals surface area contributed by atoms with Gasteiger partial charge in [0.25, 0.3) is 11.6 Å². The standard InChI is InChI=1S/C11H15N3O3/c1-11(2,12)7-13-10(15)8-3-5-9(6-4-8)14(16)17/h3-6H,7,12H2,1-2H3,(H,13,15). The molecule has 0 aromatic heterocycles. The van der Waals surface area contributed by atoms with E-state index in [1.807, 2.05) is 0 Å². The van der Waals surface area contributed by atoms with Gasteiger partial charge in [-0.2, -0.15) is 0 Å². The van der Waals surface area contributed by atoms with E-state index in [0.29, 0.717) is 12.1 Å². The minimum absolute atomic E-state index is 0.0410. The first-order chi connectivity index (χ1) is 7.79. The van der Waals surface area contributed by atoms with Crippen molar-refractivity contribution in [1.82, 2.24) is 5.32 Å². The molecule has 0 atom stereocenters. The number of carbonyl (C=O) groups is 1. The molecule has 6 nitrogen and oxygen atoms in total. The van der Waals surface area contributed by atoms with Crippen molar-refractivity contribution in [3.05, 3.63) is 39.9 Å². The van der Waals surface area contributed by atoms with Gasteiger partial charge in [0.2, 0.25) is 0 Å². The molecule has 0 aliphatic heterocycles. The lowest BCUT2D eigenvalue weighted by atomic mass is 10.1. The van der Waals surface area contributed by atoms with Gasteiger partial charge in [-0.3, -0.25) is 14.9 Å². The van der Waals surface area contributed by atoms with Crippen molar-refractivity contribution >= 4 is 11.6 Å². The highest BCUT2D eigenvalue weighted by Crippen LogP contribution is 2.11. The van der Waals surface area contributed by atoms with Crippen molar-refractivity contribution in [1.29, 1.82) is 0 Å². The lowest BCUT2D eigenvalue weighted by Gasteiger charge is -2.18. The lowest BCUT2D eigenvalue weighted by molar-refractivity contribution is -0.384. The number of nitro benzene ring substituents is 1. The zero-order chi connectivity index (χ0) is 13.1. The van der Waals surface area contributed by atoms with Gasteiger partial charge in [-0.1, -0.05) is 0 Å². The Morgan fingerprint density at radius 1 is 1.41 bits per heavy atom. The third-order valence-electron chi connectivity index (χ3n) is 2.04. The Morgan fingerprint density at radius 3 is 2.35 bits per heavy atom. The second kappa shape index (κ2) is 4.92. The maximum absolute atomic E-state index is 11.6. The normalized spacial score (nSPS) is 11.0. The summed E-state index contributed by atoms with van der Waals surface area (Å²) in [5.74, 6) is -0.293. The SMILES string of the molecule is CC(C)(N)CNC(=O)c1ccc([N+](=O)[O-])cc1. The zero-order valence-corrected chi connectivity index (χ0v) is 9.77. The zero-order valence-electron chi connectivity index (χ0n) is 9.77. The molecule has 0 aliphatic carbocycles. The molecule has 17 heavy (non-hydrogen) atoms. The lowest BCUT2D eigenvalue weighted by Crippen LogP contribution is -2.45. The molecule has 0 fully saturated rings. The molecule has 1 rings (SSSR count). The maximum Gasteiger partial charge on any atom is 0.269 e. The topological polar surface area (TPSA) is 98.3 Å². The van der Waals surface area contributed by atoms with Crippen LogP contribution in [-0.2, 0) is 0 Å². The average Bonchev–Trinajstić information content (AvgIpc) is 2.25. The smallest absolute Gasteiger partial charge is 0.269 e. The van der Waals surface area contributed by atoms with Gasteiger partial charge in [0, 0.05) is 29.8 Å². The monoisotopic (exact) mass is 237 g/mol. The van der Waals surface area contributed by atoms with Gasteiger partial charge in [0.15, 0.2) is 0 Å². The molecule has 0 bridgehead atoms. The van der Waals surface area contributed by atoms with Crippen molar-refractivity contribution in [2.45, 2.75) is 19.4 Å². The second-order valence-corrected chi connectivity index (χ2v) is 4.48. The summed E-state index contributed by atoms with van der Waals surface area (Å²) < 4.78 is 0. The van der Waals surface area contributed by atoms with E-state index in [4.69, 9.17) is 5.73 Å². The predicted octanol–water partition coefficient (Wildman–Crippen LogP) is 1.06. The van der Waals surface area contributed by atoms with Gasteiger partial charge in [-0.25, -0.2) is 0 Å². The molecule has 3 N–H and O–H groups in total. The third kappa shape index (κ3) is 4.20. The van der Waals surface area contributed by atoms with E-state index in [9.17, 15) is 14.9 Å². The number of benzene rings is 1. The molecule has 0 saturated heterocycles. The Kier molecular flexibility index (Phi) is 3.80. The number of hydrogen-bond acceptors (Lipinski definition) is 4. The molecule has 6 heteroatoms. The summed E-state index contributed by atoms with van der Waals surface area (Å²) in [6.07, 6.45) is 0. The summed E-state index contributed by atoms with van der Waals surface area (Å²) in [4.78, 5) is 21.6. The minimum Gasteiger partial charge on any atom is -0.350 e. The Balaban J connectivity index is 2.67. The van der Waals surface area contributed by atoms with Crippen LogP contribution in [0.1, 0.15) is 24.2 Å². The molecule has 0 spiro atoms. The highest BCUT2D eigenvalue weighted by molar-refractivity contribution is 5.94. The quantitative estimate of drug-likeness (QED) is 0.604. The highest BCUT2D eigenvalue weighted by Gasteiger charge is 2.14. The fourth-order valence-corrected chi connectivity index (χ4v) is 1.14. The Labute approximate surface area is 99.0 Å². The molecule has 0 unspecified atom stereocenters. The van der Waals surface area contributed by atoms with Crippen molar-refractivity contribution in [3.63, 3.8) is 0 Å². The molecule has 1 aromatic carbocycles. The fourth-order valence-electron chi connectivity index (χ4n) is 1.14. The first kappa shape index (κ1) is 13.1. The van der Waals surface area contributed by atoms with Crippen LogP contribution in [0, 0.1) is 10.1 Å². The van der Waals surface area contributed by atoms with Gasteiger partial charge in [-0.15, -0.1) is 0 Å². The predicted molar refractivity (Wildman–Crippen MR) is 63.7 cm³/mol. The molecule has 0 heterocycles. The van der Waals surface area contributed by atoms with Gasteiger partial charge >= 0.3 is 0 Å². The van der Waals surface area contributed by atoms with Crippen LogP contribution in [0.2, 0.25) is 0 Å². The number of carbonyl (C=O) groups excluding carboxylic acids is 1. The molecule has 0 aliphatic rings. The molecular formula is C11H15N3O3. The van der Waals surface area contributed by atoms with E-state index >= 15 is 0 Å². The summed E-state index contributed by atoms with van der Waals surface area (Å²) >= 11 is 0. The van der Waals surface area contributed by atoms with Crippen LogP contribution in [0.4, 0.5) is 5.69 Å². The summed E-state index contributed by atoms with van der Waals surface area (Å²) in [6.45, 7) is 3.93. The number of nitrogens with one attached hydrogen (secondary N) is 1. The van der Waals surface area contributed by atoms with Crippen molar-refractivity contribution in [2.75, 3.05) is 6.54 Å². The van der Waals surface area contributed by atoms with Gasteiger partial charge in [0.05, 0.1) is 4.92 Å². The van der Waals surface area contributed by atoms with Crippen LogP contribution in [0.25, 0.3) is 0 Å². The Hall–Kier alpha value is -1.95. The molecule has 1 aromatic rings. The molecule has 1 amide bonds. The van der Waals surface area contributed by atoms with Crippen LogP contribution in [0.5, 0.6) is 0 Å². The van der Waals surface area contributed by atoms with Gasteiger partial charge < -0.3 is 11.1 Å².